The second kappa shape index (κ2) is 4.08. The van der Waals surface area contributed by atoms with Crippen LogP contribution in [0.25, 0.3) is 0 Å². The third kappa shape index (κ3) is 2.63. The highest BCUT2D eigenvalue weighted by molar-refractivity contribution is 5.31. The molecule has 0 spiro atoms. The summed E-state index contributed by atoms with van der Waals surface area (Å²) in [5, 5.41) is 20.2. The van der Waals surface area contributed by atoms with Gasteiger partial charge in [0.25, 0.3) is 5.69 Å². The van der Waals surface area contributed by atoms with Gasteiger partial charge in [-0.25, -0.2) is 0 Å². The Bertz CT molecular complexity index is 402. The van der Waals surface area contributed by atoms with Gasteiger partial charge in [-0.1, -0.05) is 0 Å². The van der Waals surface area contributed by atoms with Crippen molar-refractivity contribution in [2.75, 3.05) is 0 Å². The number of hydrogen-bond acceptors (Lipinski definition) is 5. The van der Waals surface area contributed by atoms with Crippen LogP contribution in [0.15, 0.2) is 24.5 Å². The van der Waals surface area contributed by atoms with E-state index < -0.39 is 9.85 Å². The summed E-state index contributed by atoms with van der Waals surface area (Å²) < 4.78 is 0. The molecule has 1 heterocycles. The third-order valence-electron chi connectivity index (χ3n) is 1.27. The Morgan fingerprint density at radius 1 is 1.43 bits per heavy atom. The Hall–Kier alpha value is -2.31. The molecule has 0 aliphatic heterocycles. The van der Waals surface area contributed by atoms with E-state index >= 15 is 0 Å². The van der Waals surface area contributed by atoms with Crippen LogP contribution in [0.3, 0.4) is 0 Å². The SMILES string of the molecule is O=[N+]([O-])/C=[C]/c1cc([N+](=O)[O-])ccn1. The fourth-order valence-electron chi connectivity index (χ4n) is 0.731. The van der Waals surface area contributed by atoms with Gasteiger partial charge in [0, 0.05) is 18.3 Å². The highest BCUT2D eigenvalue weighted by Gasteiger charge is 2.05. The fourth-order valence-corrected chi connectivity index (χ4v) is 0.731. The number of nitrogens with zero attached hydrogens (tertiary/aromatic N) is 3. The van der Waals surface area contributed by atoms with Gasteiger partial charge in [-0.05, 0) is 0 Å². The van der Waals surface area contributed by atoms with E-state index in [1.165, 1.54) is 12.3 Å². The summed E-state index contributed by atoms with van der Waals surface area (Å²) in [4.78, 5) is 22.5. The molecule has 1 rings (SSSR count). The average molecular weight is 194 g/mol. The Morgan fingerprint density at radius 2 is 2.14 bits per heavy atom. The van der Waals surface area contributed by atoms with Gasteiger partial charge in [-0.2, -0.15) is 0 Å². The Labute approximate surface area is 78.0 Å². The van der Waals surface area contributed by atoms with Crippen molar-refractivity contribution in [3.63, 3.8) is 0 Å². The summed E-state index contributed by atoms with van der Waals surface area (Å²) in [6, 6.07) is 2.29. The minimum Gasteiger partial charge on any atom is -0.259 e. The summed E-state index contributed by atoms with van der Waals surface area (Å²) in [6.07, 6.45) is 3.94. The second-order valence-corrected chi connectivity index (χ2v) is 2.22. The van der Waals surface area contributed by atoms with Crippen molar-refractivity contribution >= 4 is 5.69 Å². The first kappa shape index (κ1) is 9.78. The average Bonchev–Trinajstić information content (AvgIpc) is 2.15. The monoisotopic (exact) mass is 194 g/mol. The summed E-state index contributed by atoms with van der Waals surface area (Å²) in [5.74, 6) is 0. The van der Waals surface area contributed by atoms with Gasteiger partial charge in [-0.15, -0.1) is 0 Å². The largest absolute Gasteiger partial charge is 0.273 e. The van der Waals surface area contributed by atoms with Crippen molar-refractivity contribution in [3.05, 3.63) is 56.5 Å². The number of rotatable bonds is 3. The van der Waals surface area contributed by atoms with Gasteiger partial charge in [0.2, 0.25) is 6.20 Å². The molecule has 14 heavy (non-hydrogen) atoms. The topological polar surface area (TPSA) is 99.2 Å². The van der Waals surface area contributed by atoms with Crippen LogP contribution >= 0.6 is 0 Å². The van der Waals surface area contributed by atoms with Crippen molar-refractivity contribution in [2.24, 2.45) is 0 Å². The number of hydrogen-bond donors (Lipinski definition) is 0. The van der Waals surface area contributed by atoms with Crippen molar-refractivity contribution in [3.8, 4) is 0 Å². The van der Waals surface area contributed by atoms with Gasteiger partial charge in [0.15, 0.2) is 0 Å². The molecule has 1 radical (unpaired) electrons. The lowest BCUT2D eigenvalue weighted by atomic mass is 10.3. The van der Waals surface area contributed by atoms with Gasteiger partial charge in [-0.3, -0.25) is 25.2 Å². The molecule has 0 aliphatic rings. The van der Waals surface area contributed by atoms with Crippen molar-refractivity contribution < 1.29 is 9.85 Å². The van der Waals surface area contributed by atoms with Crippen molar-refractivity contribution in [1.82, 2.24) is 4.98 Å². The zero-order valence-corrected chi connectivity index (χ0v) is 6.78. The number of pyridine rings is 1. The van der Waals surface area contributed by atoms with Crippen molar-refractivity contribution in [1.29, 1.82) is 0 Å². The lowest BCUT2D eigenvalue weighted by Crippen LogP contribution is -1.91. The van der Waals surface area contributed by atoms with Crippen LogP contribution in [0.4, 0.5) is 5.69 Å². The van der Waals surface area contributed by atoms with E-state index in [0.29, 0.717) is 6.20 Å². The first-order valence-corrected chi connectivity index (χ1v) is 3.43. The summed E-state index contributed by atoms with van der Waals surface area (Å²) in [6.45, 7) is 0. The molecular formula is C7H4N3O4. The molecule has 1 aromatic heterocycles. The van der Waals surface area contributed by atoms with Gasteiger partial charge in [0.05, 0.1) is 21.6 Å². The minimum absolute atomic E-state index is 0.0518. The van der Waals surface area contributed by atoms with Crippen LogP contribution in [-0.4, -0.2) is 14.8 Å². The van der Waals surface area contributed by atoms with E-state index in [2.05, 4.69) is 11.1 Å². The van der Waals surface area contributed by atoms with E-state index in [0.717, 1.165) is 6.07 Å². The van der Waals surface area contributed by atoms with Gasteiger partial charge < -0.3 is 0 Å². The van der Waals surface area contributed by atoms with E-state index in [-0.39, 0.29) is 11.4 Å². The maximum atomic E-state index is 10.3. The van der Waals surface area contributed by atoms with E-state index in [1.807, 2.05) is 0 Å². The first-order valence-electron chi connectivity index (χ1n) is 3.43. The highest BCUT2D eigenvalue weighted by Crippen LogP contribution is 2.10. The zero-order valence-electron chi connectivity index (χ0n) is 6.78. The van der Waals surface area contributed by atoms with Crippen LogP contribution in [0.5, 0.6) is 0 Å². The molecule has 0 amide bonds. The molecule has 0 fully saturated rings. The van der Waals surface area contributed by atoms with E-state index in [1.54, 1.807) is 0 Å². The molecule has 0 aromatic carbocycles. The maximum absolute atomic E-state index is 10.3. The molecule has 0 N–H and O–H groups in total. The molecule has 0 bridgehead atoms. The van der Waals surface area contributed by atoms with Crippen molar-refractivity contribution in [2.45, 2.75) is 0 Å². The Balaban J connectivity index is 2.94. The van der Waals surface area contributed by atoms with Crippen LogP contribution in [0, 0.1) is 26.3 Å². The molecular weight excluding hydrogens is 190 g/mol. The van der Waals surface area contributed by atoms with Crippen LogP contribution < -0.4 is 0 Å². The normalized spacial score (nSPS) is 10.3. The van der Waals surface area contributed by atoms with Gasteiger partial charge >= 0.3 is 0 Å². The molecule has 7 heteroatoms. The van der Waals surface area contributed by atoms with Crippen LogP contribution in [0.1, 0.15) is 5.69 Å². The summed E-state index contributed by atoms with van der Waals surface area (Å²) in [7, 11) is 0. The molecule has 0 saturated heterocycles. The molecule has 71 valence electrons. The van der Waals surface area contributed by atoms with E-state index in [9.17, 15) is 20.2 Å². The molecule has 7 nitrogen and oxygen atoms in total. The molecule has 0 atom stereocenters. The standard InChI is InChI=1S/C7H4N3O4/c11-9(12)4-2-6-5-7(10(13)14)1-3-8-6/h1,3-5H. The quantitative estimate of drug-likeness (QED) is 0.526. The lowest BCUT2D eigenvalue weighted by molar-refractivity contribution is -0.403. The van der Waals surface area contributed by atoms with Crippen LogP contribution in [0.2, 0.25) is 0 Å². The lowest BCUT2D eigenvalue weighted by Gasteiger charge is -1.90. The van der Waals surface area contributed by atoms with Crippen LogP contribution in [-0.2, 0) is 0 Å². The predicted molar refractivity (Wildman–Crippen MR) is 44.8 cm³/mol. The van der Waals surface area contributed by atoms with E-state index in [4.69, 9.17) is 0 Å². The first-order chi connectivity index (χ1) is 6.59. The minimum atomic E-state index is -0.722. The highest BCUT2D eigenvalue weighted by atomic mass is 16.6. The predicted octanol–water partition coefficient (Wildman–Crippen LogP) is 0.931. The fraction of sp³-hybridized carbons (Fsp3) is 0. The summed E-state index contributed by atoms with van der Waals surface area (Å²) in [5.41, 5.74) is -0.129. The molecule has 0 aliphatic carbocycles. The molecule has 1 aromatic rings. The summed E-state index contributed by atoms with van der Waals surface area (Å²) >= 11 is 0. The number of nitro groups is 2. The smallest absolute Gasteiger partial charge is 0.259 e. The Kier molecular flexibility index (Phi) is 2.85. The Morgan fingerprint density at radius 3 is 2.71 bits per heavy atom. The second-order valence-electron chi connectivity index (χ2n) is 2.22. The molecule has 0 unspecified atom stereocenters. The molecule has 0 saturated carbocycles. The zero-order chi connectivity index (χ0) is 10.6. The number of aromatic nitrogens is 1. The van der Waals surface area contributed by atoms with Gasteiger partial charge in [0.1, 0.15) is 0 Å². The maximum Gasteiger partial charge on any atom is 0.273 e. The third-order valence-corrected chi connectivity index (χ3v) is 1.27.